The van der Waals surface area contributed by atoms with Crippen LogP contribution in [0, 0.1) is 0 Å². The summed E-state index contributed by atoms with van der Waals surface area (Å²) in [5.74, 6) is -0.0597. The number of halogens is 1. The van der Waals surface area contributed by atoms with E-state index in [0.717, 1.165) is 5.56 Å². The molecule has 0 aromatic heterocycles. The molecule has 0 bridgehead atoms. The number of nitrogens with one attached hydrogen (secondary N) is 2. The van der Waals surface area contributed by atoms with Crippen molar-refractivity contribution in [2.45, 2.75) is 39.4 Å². The maximum absolute atomic E-state index is 11.8. The first-order chi connectivity index (χ1) is 9.85. The van der Waals surface area contributed by atoms with Gasteiger partial charge < -0.3 is 21.6 Å². The van der Waals surface area contributed by atoms with E-state index in [2.05, 4.69) is 15.8 Å². The quantitative estimate of drug-likeness (QED) is 0.276. The van der Waals surface area contributed by atoms with Gasteiger partial charge in [-0.15, -0.1) is 0 Å². The molecular formula is C14H21ClN4O2. The molecule has 0 radical (unpaired) electrons. The lowest BCUT2D eigenvalue weighted by atomic mass is 10.1. The van der Waals surface area contributed by atoms with Gasteiger partial charge in [-0.1, -0.05) is 28.9 Å². The highest BCUT2D eigenvalue weighted by Gasteiger charge is 2.13. The Morgan fingerprint density at radius 1 is 1.43 bits per heavy atom. The first-order valence-electron chi connectivity index (χ1n) is 6.65. The molecule has 0 aliphatic carbocycles. The van der Waals surface area contributed by atoms with Gasteiger partial charge in [0.1, 0.15) is 0 Å². The predicted molar refractivity (Wildman–Crippen MR) is 83.5 cm³/mol. The number of hydrogen-bond acceptors (Lipinski definition) is 4. The van der Waals surface area contributed by atoms with E-state index in [9.17, 15) is 4.79 Å². The van der Waals surface area contributed by atoms with Crippen LogP contribution >= 0.6 is 11.6 Å². The van der Waals surface area contributed by atoms with Crippen LogP contribution in [0.25, 0.3) is 0 Å². The molecule has 0 aliphatic rings. The zero-order valence-corrected chi connectivity index (χ0v) is 13.1. The Hall–Kier alpha value is -1.79. The van der Waals surface area contributed by atoms with E-state index in [0.29, 0.717) is 17.1 Å². The minimum atomic E-state index is -0.327. The minimum Gasteiger partial charge on any atom is -0.409 e. The number of benzene rings is 1. The number of carbonyl (C=O) groups is 1. The largest absolute Gasteiger partial charge is 0.409 e. The second kappa shape index (κ2) is 7.85. The fourth-order valence-electron chi connectivity index (χ4n) is 1.67. The van der Waals surface area contributed by atoms with Gasteiger partial charge >= 0.3 is 0 Å². The number of oxime groups is 1. The van der Waals surface area contributed by atoms with Crippen molar-refractivity contribution >= 4 is 23.3 Å². The molecule has 0 fully saturated rings. The SMILES string of the molecule is CC(C)NC(=O)C(C)NCc1ccc(/C(N)=N/O)cc1Cl. The summed E-state index contributed by atoms with van der Waals surface area (Å²) in [7, 11) is 0. The summed E-state index contributed by atoms with van der Waals surface area (Å²) in [4.78, 5) is 11.8. The Morgan fingerprint density at radius 2 is 2.10 bits per heavy atom. The van der Waals surface area contributed by atoms with Crippen LogP contribution in [-0.4, -0.2) is 29.0 Å². The van der Waals surface area contributed by atoms with Crippen molar-refractivity contribution < 1.29 is 10.0 Å². The van der Waals surface area contributed by atoms with Crippen LogP contribution in [-0.2, 0) is 11.3 Å². The summed E-state index contributed by atoms with van der Waals surface area (Å²) in [6.45, 7) is 6.05. The zero-order chi connectivity index (χ0) is 16.0. The number of carbonyl (C=O) groups excluding carboxylic acids is 1. The Labute approximate surface area is 129 Å². The molecule has 1 aromatic carbocycles. The van der Waals surface area contributed by atoms with Crippen molar-refractivity contribution in [1.82, 2.24) is 10.6 Å². The maximum atomic E-state index is 11.8. The van der Waals surface area contributed by atoms with E-state index >= 15 is 0 Å². The third-order valence-electron chi connectivity index (χ3n) is 2.88. The van der Waals surface area contributed by atoms with E-state index in [4.69, 9.17) is 22.5 Å². The molecule has 116 valence electrons. The predicted octanol–water partition coefficient (Wildman–Crippen LogP) is 1.44. The molecule has 0 heterocycles. The molecule has 21 heavy (non-hydrogen) atoms. The highest BCUT2D eigenvalue weighted by Crippen LogP contribution is 2.18. The zero-order valence-electron chi connectivity index (χ0n) is 12.4. The van der Waals surface area contributed by atoms with Crippen molar-refractivity contribution in [3.05, 3.63) is 34.3 Å². The van der Waals surface area contributed by atoms with Crippen LogP contribution in [0.1, 0.15) is 31.9 Å². The molecular weight excluding hydrogens is 292 g/mol. The van der Waals surface area contributed by atoms with Crippen LogP contribution in [0.15, 0.2) is 23.4 Å². The van der Waals surface area contributed by atoms with E-state index < -0.39 is 0 Å². The van der Waals surface area contributed by atoms with Crippen molar-refractivity contribution in [3.63, 3.8) is 0 Å². The number of nitrogens with zero attached hydrogens (tertiary/aromatic N) is 1. The van der Waals surface area contributed by atoms with Gasteiger partial charge in [0.2, 0.25) is 5.91 Å². The second-order valence-electron chi connectivity index (χ2n) is 5.06. The van der Waals surface area contributed by atoms with E-state index in [1.165, 1.54) is 0 Å². The number of amidine groups is 1. The standard InChI is InChI=1S/C14H21ClN4O2/c1-8(2)18-14(20)9(3)17-7-11-5-4-10(6-12(11)15)13(16)19-21/h4-6,8-9,17,21H,7H2,1-3H3,(H2,16,19)(H,18,20). The van der Waals surface area contributed by atoms with Gasteiger partial charge in [0.25, 0.3) is 0 Å². The molecule has 0 saturated heterocycles. The Balaban J connectivity index is 2.66. The Bertz CT molecular complexity index is 532. The van der Waals surface area contributed by atoms with Gasteiger partial charge in [0.05, 0.1) is 6.04 Å². The third-order valence-corrected chi connectivity index (χ3v) is 3.23. The van der Waals surface area contributed by atoms with E-state index in [-0.39, 0.29) is 23.8 Å². The summed E-state index contributed by atoms with van der Waals surface area (Å²) >= 11 is 6.15. The molecule has 0 aliphatic heterocycles. The molecule has 1 amide bonds. The molecule has 1 rings (SSSR count). The van der Waals surface area contributed by atoms with Crippen molar-refractivity contribution in [1.29, 1.82) is 0 Å². The number of nitrogens with two attached hydrogens (primary N) is 1. The molecule has 1 atom stereocenters. The molecule has 1 aromatic rings. The first kappa shape index (κ1) is 17.3. The molecule has 0 spiro atoms. The number of amides is 1. The Morgan fingerprint density at radius 3 is 2.62 bits per heavy atom. The highest BCUT2D eigenvalue weighted by atomic mass is 35.5. The molecule has 5 N–H and O–H groups in total. The lowest BCUT2D eigenvalue weighted by Gasteiger charge is -2.16. The van der Waals surface area contributed by atoms with Crippen molar-refractivity contribution in [2.24, 2.45) is 10.9 Å². The highest BCUT2D eigenvalue weighted by molar-refractivity contribution is 6.31. The van der Waals surface area contributed by atoms with Gasteiger partial charge in [-0.05, 0) is 32.4 Å². The molecule has 0 saturated carbocycles. The van der Waals surface area contributed by atoms with Crippen LogP contribution in [0.3, 0.4) is 0 Å². The maximum Gasteiger partial charge on any atom is 0.237 e. The fraction of sp³-hybridized carbons (Fsp3) is 0.429. The van der Waals surface area contributed by atoms with Gasteiger partial charge in [0.15, 0.2) is 5.84 Å². The average molecular weight is 313 g/mol. The summed E-state index contributed by atoms with van der Waals surface area (Å²) in [6.07, 6.45) is 0. The minimum absolute atomic E-state index is 0.00101. The normalized spacial score (nSPS) is 13.3. The van der Waals surface area contributed by atoms with Gasteiger partial charge in [-0.2, -0.15) is 0 Å². The summed E-state index contributed by atoms with van der Waals surface area (Å²) in [5.41, 5.74) is 6.86. The van der Waals surface area contributed by atoms with Crippen molar-refractivity contribution in [3.8, 4) is 0 Å². The molecule has 7 heteroatoms. The first-order valence-corrected chi connectivity index (χ1v) is 7.03. The second-order valence-corrected chi connectivity index (χ2v) is 5.46. The van der Waals surface area contributed by atoms with Crippen molar-refractivity contribution in [2.75, 3.05) is 0 Å². The summed E-state index contributed by atoms with van der Waals surface area (Å²) < 4.78 is 0. The monoisotopic (exact) mass is 312 g/mol. The van der Waals surface area contributed by atoms with E-state index in [1.807, 2.05) is 13.8 Å². The fourth-order valence-corrected chi connectivity index (χ4v) is 1.92. The number of hydrogen-bond donors (Lipinski definition) is 4. The molecule has 1 unspecified atom stereocenters. The Kier molecular flexibility index (Phi) is 6.45. The lowest BCUT2D eigenvalue weighted by Crippen LogP contribution is -2.44. The van der Waals surface area contributed by atoms with Gasteiger partial charge in [-0.3, -0.25) is 4.79 Å². The number of rotatable bonds is 6. The van der Waals surface area contributed by atoms with Crippen LogP contribution in [0.4, 0.5) is 0 Å². The lowest BCUT2D eigenvalue weighted by molar-refractivity contribution is -0.123. The smallest absolute Gasteiger partial charge is 0.237 e. The van der Waals surface area contributed by atoms with Gasteiger partial charge in [0, 0.05) is 23.2 Å². The summed E-state index contributed by atoms with van der Waals surface area (Å²) in [5, 5.41) is 18.0. The average Bonchev–Trinajstić information content (AvgIpc) is 2.43. The van der Waals surface area contributed by atoms with Crippen LogP contribution in [0.2, 0.25) is 5.02 Å². The third kappa shape index (κ3) is 5.24. The van der Waals surface area contributed by atoms with E-state index in [1.54, 1.807) is 25.1 Å². The molecule has 6 nitrogen and oxygen atoms in total. The van der Waals surface area contributed by atoms with Crippen LogP contribution < -0.4 is 16.4 Å². The topological polar surface area (TPSA) is 99.7 Å². The summed E-state index contributed by atoms with van der Waals surface area (Å²) in [6, 6.07) is 4.87. The van der Waals surface area contributed by atoms with Gasteiger partial charge in [-0.25, -0.2) is 0 Å². The van der Waals surface area contributed by atoms with Crippen LogP contribution in [0.5, 0.6) is 0 Å².